The van der Waals surface area contributed by atoms with Crippen LogP contribution >= 0.6 is 11.8 Å². The molecule has 0 spiro atoms. The lowest BCUT2D eigenvalue weighted by Gasteiger charge is -2.25. The fourth-order valence-electron chi connectivity index (χ4n) is 3.77. The fraction of sp³-hybridized carbons (Fsp3) is 0.476. The lowest BCUT2D eigenvalue weighted by atomic mass is 9.95. The lowest BCUT2D eigenvalue weighted by molar-refractivity contribution is 0.330. The molecule has 0 bridgehead atoms. The second-order valence-corrected chi connectivity index (χ2v) is 8.31. The van der Waals surface area contributed by atoms with Crippen molar-refractivity contribution >= 4 is 17.4 Å². The van der Waals surface area contributed by atoms with Crippen molar-refractivity contribution in [3.63, 3.8) is 0 Å². The molecule has 1 saturated carbocycles. The second kappa shape index (κ2) is 9.35. The Labute approximate surface area is 175 Å². The number of benzene rings is 1. The maximum absolute atomic E-state index is 5.32. The van der Waals surface area contributed by atoms with Gasteiger partial charge in [0.15, 0.2) is 11.0 Å². The van der Waals surface area contributed by atoms with Gasteiger partial charge >= 0.3 is 0 Å². The van der Waals surface area contributed by atoms with Gasteiger partial charge in [-0.05, 0) is 31.9 Å². The summed E-state index contributed by atoms with van der Waals surface area (Å²) >= 11 is 1.67. The number of aryl methyl sites for hydroxylation is 1. The zero-order chi connectivity index (χ0) is 20.1. The smallest absolute Gasteiger partial charge is 0.191 e. The molecule has 7 nitrogen and oxygen atoms in total. The topological polar surface area (TPSA) is 78.0 Å². The Kier molecular flexibility index (Phi) is 6.39. The molecule has 0 radical (unpaired) electrons. The summed E-state index contributed by atoms with van der Waals surface area (Å²) < 4.78 is 12.8. The van der Waals surface area contributed by atoms with Crippen LogP contribution in [0.4, 0.5) is 5.69 Å². The van der Waals surface area contributed by atoms with Crippen molar-refractivity contribution in [3.8, 4) is 5.75 Å². The number of rotatable bonds is 8. The average Bonchev–Trinajstić information content (AvgIpc) is 3.37. The Morgan fingerprint density at radius 3 is 2.83 bits per heavy atom. The van der Waals surface area contributed by atoms with Gasteiger partial charge in [-0.15, -0.1) is 10.2 Å². The summed E-state index contributed by atoms with van der Waals surface area (Å²) in [6.45, 7) is 2.54. The van der Waals surface area contributed by atoms with Gasteiger partial charge in [0.05, 0.1) is 19.3 Å². The minimum Gasteiger partial charge on any atom is -0.497 e. The lowest BCUT2D eigenvalue weighted by Crippen LogP contribution is -2.18. The predicted molar refractivity (Wildman–Crippen MR) is 113 cm³/mol. The van der Waals surface area contributed by atoms with Crippen LogP contribution in [0.3, 0.4) is 0 Å². The zero-order valence-corrected chi connectivity index (χ0v) is 17.7. The SMILES string of the molecule is COc1cccc(NCc2nnc(SCc3cc(C)on3)n2C2CCCCC2)c1. The number of hydrogen-bond donors (Lipinski definition) is 1. The Balaban J connectivity index is 1.51. The molecule has 8 heteroatoms. The van der Waals surface area contributed by atoms with Crippen LogP contribution in [0.15, 0.2) is 40.0 Å². The van der Waals surface area contributed by atoms with Crippen LogP contribution in [-0.4, -0.2) is 27.0 Å². The second-order valence-electron chi connectivity index (χ2n) is 7.36. The summed E-state index contributed by atoms with van der Waals surface area (Å²) in [4.78, 5) is 0. The average molecular weight is 414 g/mol. The van der Waals surface area contributed by atoms with Crippen molar-refractivity contribution in [1.82, 2.24) is 19.9 Å². The standard InChI is InChI=1S/C21H27N5O2S/c1-15-11-17(25-28-15)14-29-21-24-23-20(26(21)18-8-4-3-5-9-18)13-22-16-7-6-10-19(12-16)27-2/h6-7,10-12,18,22H,3-5,8-9,13-14H2,1-2H3. The molecule has 1 fully saturated rings. The number of nitrogens with one attached hydrogen (secondary N) is 1. The fourth-order valence-corrected chi connectivity index (χ4v) is 4.68. The minimum atomic E-state index is 0.461. The molecule has 1 aromatic carbocycles. The summed E-state index contributed by atoms with van der Waals surface area (Å²) in [5, 5.41) is 17.6. The molecule has 1 aliphatic carbocycles. The molecule has 2 aromatic heterocycles. The molecule has 0 saturated heterocycles. The van der Waals surface area contributed by atoms with E-state index in [0.717, 1.165) is 39.6 Å². The van der Waals surface area contributed by atoms with Crippen molar-refractivity contribution in [2.24, 2.45) is 0 Å². The number of methoxy groups -OCH3 is 1. The van der Waals surface area contributed by atoms with Gasteiger partial charge < -0.3 is 19.1 Å². The Morgan fingerprint density at radius 1 is 1.21 bits per heavy atom. The Hall–Kier alpha value is -2.48. The van der Waals surface area contributed by atoms with E-state index in [1.54, 1.807) is 18.9 Å². The molecule has 1 N–H and O–H groups in total. The van der Waals surface area contributed by atoms with E-state index in [4.69, 9.17) is 9.26 Å². The number of nitrogens with zero attached hydrogens (tertiary/aromatic N) is 4. The van der Waals surface area contributed by atoms with Gasteiger partial charge in [-0.25, -0.2) is 0 Å². The summed E-state index contributed by atoms with van der Waals surface area (Å²) in [5.41, 5.74) is 1.94. The summed E-state index contributed by atoms with van der Waals surface area (Å²) in [7, 11) is 1.68. The first-order chi connectivity index (χ1) is 14.2. The van der Waals surface area contributed by atoms with E-state index < -0.39 is 0 Å². The largest absolute Gasteiger partial charge is 0.497 e. The van der Waals surface area contributed by atoms with Crippen LogP contribution in [0.2, 0.25) is 0 Å². The number of hydrogen-bond acceptors (Lipinski definition) is 7. The van der Waals surface area contributed by atoms with Gasteiger partial charge in [0.25, 0.3) is 0 Å². The maximum atomic E-state index is 5.32. The molecule has 0 aliphatic heterocycles. The molecule has 154 valence electrons. The normalized spacial score (nSPS) is 14.8. The molecule has 0 amide bonds. The van der Waals surface area contributed by atoms with Crippen LogP contribution < -0.4 is 10.1 Å². The van der Waals surface area contributed by atoms with Gasteiger partial charge in [0.2, 0.25) is 0 Å². The van der Waals surface area contributed by atoms with E-state index in [2.05, 4.69) is 25.2 Å². The van der Waals surface area contributed by atoms with E-state index in [9.17, 15) is 0 Å². The first-order valence-electron chi connectivity index (χ1n) is 10.1. The number of thioether (sulfide) groups is 1. The van der Waals surface area contributed by atoms with E-state index in [1.165, 1.54) is 32.1 Å². The number of anilines is 1. The van der Waals surface area contributed by atoms with Crippen LogP contribution in [0.25, 0.3) is 0 Å². The first-order valence-corrected chi connectivity index (χ1v) is 11.1. The monoisotopic (exact) mass is 413 g/mol. The molecule has 29 heavy (non-hydrogen) atoms. The molecule has 1 aliphatic rings. The van der Waals surface area contributed by atoms with Gasteiger partial charge in [-0.3, -0.25) is 0 Å². The van der Waals surface area contributed by atoms with Gasteiger partial charge in [0.1, 0.15) is 11.5 Å². The highest BCUT2D eigenvalue weighted by molar-refractivity contribution is 7.98. The van der Waals surface area contributed by atoms with Crippen molar-refractivity contribution in [1.29, 1.82) is 0 Å². The van der Waals surface area contributed by atoms with Crippen molar-refractivity contribution in [3.05, 3.63) is 47.6 Å². The third-order valence-corrected chi connectivity index (χ3v) is 6.20. The van der Waals surface area contributed by atoms with Crippen molar-refractivity contribution in [2.45, 2.75) is 62.5 Å². The zero-order valence-electron chi connectivity index (χ0n) is 16.9. The molecule has 4 rings (SSSR count). The van der Waals surface area contributed by atoms with Crippen LogP contribution in [-0.2, 0) is 12.3 Å². The highest BCUT2D eigenvalue weighted by Crippen LogP contribution is 2.33. The highest BCUT2D eigenvalue weighted by atomic mass is 32.2. The Morgan fingerprint density at radius 2 is 2.07 bits per heavy atom. The summed E-state index contributed by atoms with van der Waals surface area (Å²) in [6, 6.07) is 10.4. The van der Waals surface area contributed by atoms with Gasteiger partial charge in [-0.2, -0.15) is 0 Å². The maximum Gasteiger partial charge on any atom is 0.191 e. The third-order valence-electron chi connectivity index (χ3n) is 5.22. The van der Waals surface area contributed by atoms with Gasteiger partial charge in [0, 0.05) is 29.6 Å². The Bertz CT molecular complexity index is 933. The third kappa shape index (κ3) is 4.93. The van der Waals surface area contributed by atoms with E-state index >= 15 is 0 Å². The predicted octanol–water partition coefficient (Wildman–Crippen LogP) is 4.99. The summed E-state index contributed by atoms with van der Waals surface area (Å²) in [6.07, 6.45) is 6.20. The first kappa shape index (κ1) is 19.8. The summed E-state index contributed by atoms with van der Waals surface area (Å²) in [5.74, 6) is 3.37. The van der Waals surface area contributed by atoms with E-state index in [-0.39, 0.29) is 0 Å². The highest BCUT2D eigenvalue weighted by Gasteiger charge is 2.23. The molecular weight excluding hydrogens is 386 g/mol. The number of ether oxygens (including phenoxy) is 1. The van der Waals surface area contributed by atoms with Crippen LogP contribution in [0.1, 0.15) is 55.4 Å². The quantitative estimate of drug-likeness (QED) is 0.521. The van der Waals surface area contributed by atoms with Crippen molar-refractivity contribution in [2.75, 3.05) is 12.4 Å². The number of aromatic nitrogens is 4. The van der Waals surface area contributed by atoms with Gasteiger partial charge in [-0.1, -0.05) is 42.2 Å². The molecule has 2 heterocycles. The van der Waals surface area contributed by atoms with E-state index in [0.29, 0.717) is 12.6 Å². The van der Waals surface area contributed by atoms with Crippen LogP contribution in [0, 0.1) is 6.92 Å². The van der Waals surface area contributed by atoms with E-state index in [1.807, 2.05) is 37.3 Å². The molecular formula is C21H27N5O2S. The van der Waals surface area contributed by atoms with Crippen molar-refractivity contribution < 1.29 is 9.26 Å². The minimum absolute atomic E-state index is 0.461. The molecule has 3 aromatic rings. The molecule has 0 atom stereocenters. The molecule has 0 unspecified atom stereocenters. The van der Waals surface area contributed by atoms with Crippen LogP contribution in [0.5, 0.6) is 5.75 Å².